The lowest BCUT2D eigenvalue weighted by molar-refractivity contribution is -0.144. The first kappa shape index (κ1) is 37.9. The Morgan fingerprint density at radius 1 is 0.595 bits per heavy atom. The highest BCUT2D eigenvalue weighted by atomic mass is 16.4. The third-order valence-corrected chi connectivity index (χ3v) is 6.45. The van der Waals surface area contributed by atoms with Gasteiger partial charge in [-0.25, -0.2) is 0 Å². The number of aliphatic hydroxyl groups excluding tert-OH is 3. The zero-order valence-electron chi connectivity index (χ0n) is 23.8. The van der Waals surface area contributed by atoms with Gasteiger partial charge in [0.1, 0.15) is 6.04 Å². The van der Waals surface area contributed by atoms with Crippen LogP contribution >= 0.6 is 0 Å². The molecular formula is C28H58N2O7. The molecule has 0 heterocycles. The molecule has 37 heavy (non-hydrogen) atoms. The number of unbranched alkanes of at least 4 members (excludes halogenated alkanes) is 11. The summed E-state index contributed by atoms with van der Waals surface area (Å²) in [6.45, 7) is 7.63. The molecule has 0 aromatic heterocycles. The Labute approximate surface area is 225 Å². The number of carboxylic acid groups (broad SMARTS) is 2. The molecule has 9 heteroatoms. The highest BCUT2D eigenvalue weighted by Gasteiger charge is 2.25. The molecule has 0 radical (unpaired) electrons. The van der Waals surface area contributed by atoms with E-state index in [0.717, 1.165) is 45.2 Å². The molecule has 0 saturated heterocycles. The van der Waals surface area contributed by atoms with Crippen LogP contribution < -0.4 is 0 Å². The molecule has 222 valence electrons. The molecule has 0 fully saturated rings. The smallest absolute Gasteiger partial charge is 0.320 e. The summed E-state index contributed by atoms with van der Waals surface area (Å²) in [6, 6.07) is -0.670. The first-order chi connectivity index (χ1) is 17.9. The molecule has 1 unspecified atom stereocenters. The lowest BCUT2D eigenvalue weighted by Gasteiger charge is -2.28. The maximum atomic E-state index is 11.6. The maximum Gasteiger partial charge on any atom is 0.320 e. The predicted octanol–water partition coefficient (Wildman–Crippen LogP) is 3.98. The van der Waals surface area contributed by atoms with Gasteiger partial charge in [0.05, 0.1) is 19.8 Å². The molecule has 0 bridgehead atoms. The molecule has 5 N–H and O–H groups in total. The van der Waals surface area contributed by atoms with Crippen molar-refractivity contribution < 1.29 is 35.1 Å². The third kappa shape index (κ3) is 26.1. The van der Waals surface area contributed by atoms with Gasteiger partial charge < -0.3 is 25.5 Å². The van der Waals surface area contributed by atoms with E-state index in [-0.39, 0.29) is 32.7 Å². The van der Waals surface area contributed by atoms with Gasteiger partial charge in [-0.1, -0.05) is 84.5 Å². The van der Waals surface area contributed by atoms with Crippen molar-refractivity contribution in [3.63, 3.8) is 0 Å². The van der Waals surface area contributed by atoms with Gasteiger partial charge in [0.15, 0.2) is 0 Å². The van der Waals surface area contributed by atoms with Crippen molar-refractivity contribution in [2.45, 2.75) is 116 Å². The Kier molecular flexibility index (Phi) is 30.0. The topological polar surface area (TPSA) is 142 Å². The van der Waals surface area contributed by atoms with Crippen LogP contribution in [-0.4, -0.2) is 106 Å². The van der Waals surface area contributed by atoms with E-state index >= 15 is 0 Å². The molecule has 0 aliphatic carbocycles. The summed E-state index contributed by atoms with van der Waals surface area (Å²) < 4.78 is 0. The van der Waals surface area contributed by atoms with Crippen LogP contribution in [0, 0.1) is 0 Å². The van der Waals surface area contributed by atoms with Crippen LogP contribution in [0.1, 0.15) is 110 Å². The van der Waals surface area contributed by atoms with Crippen LogP contribution in [0.4, 0.5) is 0 Å². The van der Waals surface area contributed by atoms with Gasteiger partial charge in [-0.3, -0.25) is 19.4 Å². The molecule has 1 atom stereocenters. The predicted molar refractivity (Wildman–Crippen MR) is 149 cm³/mol. The minimum absolute atomic E-state index is 0.0694. The highest BCUT2D eigenvalue weighted by Crippen LogP contribution is 2.14. The number of hydrogen-bond acceptors (Lipinski definition) is 7. The Balaban J connectivity index is 0. The minimum Gasteiger partial charge on any atom is -0.481 e. The third-order valence-electron chi connectivity index (χ3n) is 6.45. The van der Waals surface area contributed by atoms with Crippen LogP contribution in [0.2, 0.25) is 0 Å². The monoisotopic (exact) mass is 534 g/mol. The van der Waals surface area contributed by atoms with Gasteiger partial charge in [-0.2, -0.15) is 0 Å². The minimum atomic E-state index is -0.923. The first-order valence-corrected chi connectivity index (χ1v) is 14.6. The molecule has 0 rings (SSSR count). The number of carboxylic acids is 2. The van der Waals surface area contributed by atoms with Crippen molar-refractivity contribution in [3.8, 4) is 0 Å². The Morgan fingerprint density at radius 2 is 0.973 bits per heavy atom. The molecule has 0 aliphatic heterocycles. The van der Waals surface area contributed by atoms with Crippen LogP contribution in [0.3, 0.4) is 0 Å². The summed E-state index contributed by atoms with van der Waals surface area (Å²) in [5.74, 6) is -1.81. The van der Waals surface area contributed by atoms with Crippen molar-refractivity contribution in [1.82, 2.24) is 9.80 Å². The number of hydrogen-bond donors (Lipinski definition) is 5. The van der Waals surface area contributed by atoms with Gasteiger partial charge in [0.2, 0.25) is 0 Å². The van der Waals surface area contributed by atoms with Gasteiger partial charge in [-0.15, -0.1) is 0 Å². The second-order valence-electron chi connectivity index (χ2n) is 9.72. The van der Waals surface area contributed by atoms with E-state index in [4.69, 9.17) is 20.4 Å². The second kappa shape index (κ2) is 29.3. The Bertz CT molecular complexity index is 495. The first-order valence-electron chi connectivity index (χ1n) is 14.6. The van der Waals surface area contributed by atoms with Crippen molar-refractivity contribution in [2.75, 3.05) is 52.5 Å². The Morgan fingerprint density at radius 3 is 1.35 bits per heavy atom. The van der Waals surface area contributed by atoms with E-state index in [1.54, 1.807) is 4.90 Å². The van der Waals surface area contributed by atoms with Gasteiger partial charge in [-0.05, 0) is 32.4 Å². The fraction of sp³-hybridized carbons (Fsp3) is 0.929. The fourth-order valence-corrected chi connectivity index (χ4v) is 4.27. The van der Waals surface area contributed by atoms with E-state index in [1.807, 2.05) is 4.90 Å². The zero-order chi connectivity index (χ0) is 28.2. The summed E-state index contributed by atoms with van der Waals surface area (Å²) in [5.41, 5.74) is 0. The average molecular weight is 535 g/mol. The summed E-state index contributed by atoms with van der Waals surface area (Å²) >= 11 is 0. The van der Waals surface area contributed by atoms with Crippen molar-refractivity contribution in [2.24, 2.45) is 0 Å². The van der Waals surface area contributed by atoms with Crippen LogP contribution in [0.25, 0.3) is 0 Å². The molecule has 0 aliphatic rings. The molecule has 0 aromatic carbocycles. The molecule has 0 spiro atoms. The van der Waals surface area contributed by atoms with E-state index in [9.17, 15) is 14.7 Å². The highest BCUT2D eigenvalue weighted by molar-refractivity contribution is 5.75. The SMILES string of the molecule is CCCCCCCCCCCCN(CCCCC)C(CCC(=O)O)C(=O)O.OCCN(CCO)CCO. The lowest BCUT2D eigenvalue weighted by atomic mass is 10.1. The van der Waals surface area contributed by atoms with Crippen LogP contribution in [0.15, 0.2) is 0 Å². The normalized spacial score (nSPS) is 12.0. The maximum absolute atomic E-state index is 11.6. The largest absolute Gasteiger partial charge is 0.481 e. The quantitative estimate of drug-likeness (QED) is 0.104. The molecule has 0 amide bonds. The molecule has 0 saturated carbocycles. The fourth-order valence-electron chi connectivity index (χ4n) is 4.27. The number of carbonyl (C=O) groups is 2. The molecule has 9 nitrogen and oxygen atoms in total. The Hall–Kier alpha value is -1.26. The summed E-state index contributed by atoms with van der Waals surface area (Å²) in [7, 11) is 0. The second-order valence-corrected chi connectivity index (χ2v) is 9.72. The molecule has 0 aromatic rings. The van der Waals surface area contributed by atoms with Crippen molar-refractivity contribution >= 4 is 11.9 Å². The lowest BCUT2D eigenvalue weighted by Crippen LogP contribution is -2.42. The molecular weight excluding hydrogens is 476 g/mol. The zero-order valence-corrected chi connectivity index (χ0v) is 23.8. The van der Waals surface area contributed by atoms with E-state index < -0.39 is 18.0 Å². The van der Waals surface area contributed by atoms with Gasteiger partial charge in [0, 0.05) is 26.1 Å². The van der Waals surface area contributed by atoms with Gasteiger partial charge in [0.25, 0.3) is 0 Å². The average Bonchev–Trinajstić information content (AvgIpc) is 2.85. The number of aliphatic carboxylic acids is 2. The summed E-state index contributed by atoms with van der Waals surface area (Å²) in [5, 5.41) is 43.9. The van der Waals surface area contributed by atoms with E-state index in [2.05, 4.69) is 13.8 Å². The van der Waals surface area contributed by atoms with Crippen LogP contribution in [-0.2, 0) is 9.59 Å². The van der Waals surface area contributed by atoms with E-state index in [0.29, 0.717) is 19.6 Å². The summed E-state index contributed by atoms with van der Waals surface area (Å²) in [6.07, 6.45) is 15.9. The van der Waals surface area contributed by atoms with Gasteiger partial charge >= 0.3 is 11.9 Å². The van der Waals surface area contributed by atoms with Crippen molar-refractivity contribution in [1.29, 1.82) is 0 Å². The number of nitrogens with zero attached hydrogens (tertiary/aromatic N) is 2. The van der Waals surface area contributed by atoms with Crippen molar-refractivity contribution in [3.05, 3.63) is 0 Å². The van der Waals surface area contributed by atoms with Crippen LogP contribution in [0.5, 0.6) is 0 Å². The summed E-state index contributed by atoms with van der Waals surface area (Å²) in [4.78, 5) is 26.3. The number of rotatable bonds is 26. The van der Waals surface area contributed by atoms with E-state index in [1.165, 1.54) is 51.4 Å². The number of aliphatic hydroxyl groups is 3. The standard InChI is InChI=1S/C22H43NO4.C6H15NO3/c1-3-5-7-8-9-10-11-12-13-15-19-23(18-14-6-4-2)20(22(26)27)16-17-21(24)25;8-4-1-7(2-5-9)3-6-10/h20H,3-19H2,1-2H3,(H,24,25)(H,26,27);8-10H,1-6H2.